The number of fused-ring (bicyclic) bond motifs is 1. The summed E-state index contributed by atoms with van der Waals surface area (Å²) < 4.78 is 1.72. The smallest absolute Gasteiger partial charge is 0.261 e. The van der Waals surface area contributed by atoms with Gasteiger partial charge in [-0.05, 0) is 46.0 Å². The number of unbranched alkanes of at least 4 members (excludes halogenated alkanes) is 1. The molecule has 0 radical (unpaired) electrons. The second kappa shape index (κ2) is 10.8. The Labute approximate surface area is 213 Å². The van der Waals surface area contributed by atoms with Crippen molar-refractivity contribution in [1.82, 2.24) is 30.2 Å². The highest BCUT2D eigenvalue weighted by atomic mass is 16.3. The maximum atomic E-state index is 13.6. The van der Waals surface area contributed by atoms with Gasteiger partial charge < -0.3 is 10.2 Å². The minimum absolute atomic E-state index is 0.158. The van der Waals surface area contributed by atoms with Crippen LogP contribution in [0.25, 0.3) is 33.4 Å². The van der Waals surface area contributed by atoms with Gasteiger partial charge in [0.1, 0.15) is 11.9 Å². The molecule has 5 aromatic rings. The van der Waals surface area contributed by atoms with Crippen molar-refractivity contribution < 1.29 is 10.2 Å². The van der Waals surface area contributed by atoms with Gasteiger partial charge in [0.25, 0.3) is 5.56 Å². The molecule has 0 aliphatic carbocycles. The minimum Gasteiger partial charge on any atom is -0.393 e. The maximum Gasteiger partial charge on any atom is 0.261 e. The summed E-state index contributed by atoms with van der Waals surface area (Å²) in [6, 6.07) is 21.0. The van der Waals surface area contributed by atoms with Gasteiger partial charge in [-0.3, -0.25) is 9.36 Å². The Hall–Kier alpha value is -4.21. The average molecular weight is 497 g/mol. The zero-order valence-corrected chi connectivity index (χ0v) is 20.5. The number of aryl methyl sites for hydroxylation is 1. The van der Waals surface area contributed by atoms with Crippen molar-refractivity contribution in [3.8, 4) is 22.5 Å². The van der Waals surface area contributed by atoms with Crippen molar-refractivity contribution in [3.05, 3.63) is 94.0 Å². The van der Waals surface area contributed by atoms with Gasteiger partial charge in [-0.25, -0.2) is 4.98 Å². The van der Waals surface area contributed by atoms with E-state index in [1.54, 1.807) is 22.8 Å². The van der Waals surface area contributed by atoms with Crippen molar-refractivity contribution in [2.24, 2.45) is 0 Å². The second-order valence-electron chi connectivity index (χ2n) is 8.98. The molecule has 2 aromatic heterocycles. The predicted octanol–water partition coefficient (Wildman–Crippen LogP) is 3.66. The van der Waals surface area contributed by atoms with Crippen LogP contribution in [0.1, 0.15) is 42.8 Å². The van der Waals surface area contributed by atoms with E-state index in [1.807, 2.05) is 48.5 Å². The summed E-state index contributed by atoms with van der Waals surface area (Å²) in [6.07, 6.45) is 1.56. The first-order valence-electron chi connectivity index (χ1n) is 12.3. The molecule has 9 nitrogen and oxygen atoms in total. The minimum atomic E-state index is -1.04. The number of nitrogens with one attached hydrogen (secondary N) is 1. The lowest BCUT2D eigenvalue weighted by Crippen LogP contribution is -2.26. The van der Waals surface area contributed by atoms with Gasteiger partial charge in [-0.15, -0.1) is 10.2 Å². The van der Waals surface area contributed by atoms with Crippen molar-refractivity contribution in [1.29, 1.82) is 0 Å². The summed E-state index contributed by atoms with van der Waals surface area (Å²) in [6.45, 7) is 2.07. The van der Waals surface area contributed by atoms with Crippen LogP contribution in [0.5, 0.6) is 0 Å². The third-order valence-corrected chi connectivity index (χ3v) is 6.49. The summed E-state index contributed by atoms with van der Waals surface area (Å²) in [5.41, 5.74) is 4.76. The molecule has 1 unspecified atom stereocenters. The molecule has 188 valence electrons. The first kappa shape index (κ1) is 24.5. The summed E-state index contributed by atoms with van der Waals surface area (Å²) in [7, 11) is 0. The van der Waals surface area contributed by atoms with E-state index < -0.39 is 12.7 Å². The lowest BCUT2D eigenvalue weighted by atomic mass is 9.98. The molecule has 9 heteroatoms. The number of nitrogens with zero attached hydrogens (tertiary/aromatic N) is 5. The highest BCUT2D eigenvalue weighted by Gasteiger charge is 2.15. The molecule has 0 amide bonds. The van der Waals surface area contributed by atoms with E-state index in [0.717, 1.165) is 40.9 Å². The molecule has 0 spiro atoms. The number of hydrogen-bond acceptors (Lipinski definition) is 7. The zero-order valence-electron chi connectivity index (χ0n) is 20.5. The Balaban J connectivity index is 1.51. The Morgan fingerprint density at radius 1 is 1.03 bits per heavy atom. The van der Waals surface area contributed by atoms with Crippen LogP contribution in [0.2, 0.25) is 0 Å². The van der Waals surface area contributed by atoms with Crippen LogP contribution in [0.3, 0.4) is 0 Å². The summed E-state index contributed by atoms with van der Waals surface area (Å²) in [5, 5.41) is 34.2. The van der Waals surface area contributed by atoms with E-state index >= 15 is 0 Å². The van der Waals surface area contributed by atoms with Crippen molar-refractivity contribution >= 4 is 10.9 Å². The maximum absolute atomic E-state index is 13.6. The standard InChI is InChI=1S/C28H28N6O3/c1-2-3-8-26-29-24-14-13-20(25(36)17-35)15-23(24)28(37)34(26)16-18-9-11-19(12-10-18)21-6-4-5-7-22(21)27-30-32-33-31-27/h4-7,9-15,25,35-36H,2-3,8,16-17H2,1H3,(H,30,31,32,33). The van der Waals surface area contributed by atoms with Crippen LogP contribution in [0.15, 0.2) is 71.5 Å². The predicted molar refractivity (Wildman–Crippen MR) is 141 cm³/mol. The summed E-state index contributed by atoms with van der Waals surface area (Å²) >= 11 is 0. The van der Waals surface area contributed by atoms with Gasteiger partial charge in [0, 0.05) is 12.0 Å². The molecule has 0 aliphatic heterocycles. The second-order valence-corrected chi connectivity index (χ2v) is 8.98. The Bertz CT molecular complexity index is 1560. The Morgan fingerprint density at radius 3 is 2.51 bits per heavy atom. The van der Waals surface area contributed by atoms with Crippen LogP contribution in [0.4, 0.5) is 0 Å². The van der Waals surface area contributed by atoms with Crippen LogP contribution in [-0.4, -0.2) is 47.0 Å². The molecule has 3 aromatic carbocycles. The highest BCUT2D eigenvalue weighted by Crippen LogP contribution is 2.30. The largest absolute Gasteiger partial charge is 0.393 e. The van der Waals surface area contributed by atoms with E-state index in [2.05, 4.69) is 27.5 Å². The first-order valence-corrected chi connectivity index (χ1v) is 12.3. The number of aliphatic hydroxyl groups excluding tert-OH is 2. The van der Waals surface area contributed by atoms with Crippen molar-refractivity contribution in [3.63, 3.8) is 0 Å². The van der Waals surface area contributed by atoms with Gasteiger partial charge in [-0.2, -0.15) is 5.21 Å². The number of H-pyrrole nitrogens is 1. The average Bonchev–Trinajstić information content (AvgIpc) is 3.48. The number of aromatic amines is 1. The fourth-order valence-electron chi connectivity index (χ4n) is 4.46. The van der Waals surface area contributed by atoms with Crippen LogP contribution >= 0.6 is 0 Å². The van der Waals surface area contributed by atoms with E-state index in [0.29, 0.717) is 35.3 Å². The van der Waals surface area contributed by atoms with E-state index in [4.69, 9.17) is 4.98 Å². The van der Waals surface area contributed by atoms with Crippen LogP contribution < -0.4 is 5.56 Å². The molecule has 0 bridgehead atoms. The summed E-state index contributed by atoms with van der Waals surface area (Å²) in [5.74, 6) is 1.26. The molecule has 5 rings (SSSR count). The SMILES string of the molecule is CCCCc1nc2ccc(C(O)CO)cc2c(=O)n1Cc1ccc(-c2ccccc2-c2nn[nH]n2)cc1. The number of rotatable bonds is 9. The molecular formula is C28H28N6O3. The molecule has 37 heavy (non-hydrogen) atoms. The third-order valence-electron chi connectivity index (χ3n) is 6.49. The first-order chi connectivity index (χ1) is 18.1. The Kier molecular flexibility index (Phi) is 7.16. The fourth-order valence-corrected chi connectivity index (χ4v) is 4.46. The third kappa shape index (κ3) is 5.04. The molecular weight excluding hydrogens is 468 g/mol. The lowest BCUT2D eigenvalue weighted by Gasteiger charge is -2.15. The van der Waals surface area contributed by atoms with E-state index in [-0.39, 0.29) is 5.56 Å². The molecule has 0 saturated carbocycles. The molecule has 0 fully saturated rings. The number of tetrazole rings is 1. The van der Waals surface area contributed by atoms with Gasteiger partial charge in [0.15, 0.2) is 0 Å². The topological polar surface area (TPSA) is 130 Å². The zero-order chi connectivity index (χ0) is 25.8. The molecule has 0 saturated heterocycles. The van der Waals surface area contributed by atoms with Crippen LogP contribution in [-0.2, 0) is 13.0 Å². The van der Waals surface area contributed by atoms with Gasteiger partial charge in [-0.1, -0.05) is 67.9 Å². The quantitative estimate of drug-likeness (QED) is 0.284. The van der Waals surface area contributed by atoms with Gasteiger partial charge in [0.2, 0.25) is 5.82 Å². The van der Waals surface area contributed by atoms with E-state index in [9.17, 15) is 15.0 Å². The molecule has 1 atom stereocenters. The van der Waals surface area contributed by atoms with Gasteiger partial charge >= 0.3 is 0 Å². The van der Waals surface area contributed by atoms with Crippen molar-refractivity contribution in [2.75, 3.05) is 6.61 Å². The monoisotopic (exact) mass is 496 g/mol. The van der Waals surface area contributed by atoms with Gasteiger partial charge in [0.05, 0.1) is 24.1 Å². The number of hydrogen-bond donors (Lipinski definition) is 3. The van der Waals surface area contributed by atoms with Crippen LogP contribution in [0, 0.1) is 0 Å². The Morgan fingerprint density at radius 2 is 1.81 bits per heavy atom. The number of benzene rings is 3. The highest BCUT2D eigenvalue weighted by molar-refractivity contribution is 5.80. The molecule has 0 aliphatic rings. The molecule has 3 N–H and O–H groups in total. The summed E-state index contributed by atoms with van der Waals surface area (Å²) in [4.78, 5) is 18.4. The molecule has 2 heterocycles. The number of aliphatic hydroxyl groups is 2. The normalized spacial score (nSPS) is 12.2. The van der Waals surface area contributed by atoms with Crippen molar-refractivity contribution in [2.45, 2.75) is 38.8 Å². The lowest BCUT2D eigenvalue weighted by molar-refractivity contribution is 0.0957. The fraction of sp³-hybridized carbons (Fsp3) is 0.250. The number of aromatic nitrogens is 6. The van der Waals surface area contributed by atoms with E-state index in [1.165, 1.54) is 0 Å².